The topological polar surface area (TPSA) is 30.5 Å². The Bertz CT molecular complexity index is 333. The molecule has 0 bridgehead atoms. The minimum Gasteiger partial charge on any atom is -0.494 e. The van der Waals surface area contributed by atoms with Gasteiger partial charge in [0.1, 0.15) is 0 Å². The van der Waals surface area contributed by atoms with Gasteiger partial charge in [0, 0.05) is 6.54 Å². The average Bonchev–Trinajstić information content (AvgIpc) is 2.25. The van der Waals surface area contributed by atoms with Crippen LogP contribution in [0.4, 0.5) is 0 Å². The van der Waals surface area contributed by atoms with Gasteiger partial charge in [0.05, 0.1) is 24.1 Å². The molecule has 1 N–H and O–H groups in total. The zero-order chi connectivity index (χ0) is 11.3. The van der Waals surface area contributed by atoms with Crippen molar-refractivity contribution in [1.29, 1.82) is 0 Å². The zero-order valence-corrected chi connectivity index (χ0v) is 10.5. The first kappa shape index (κ1) is 12.6. The second-order valence-electron chi connectivity index (χ2n) is 2.84. The molecule has 1 rings (SSSR count). The zero-order valence-electron chi connectivity index (χ0n) is 8.96. The van der Waals surface area contributed by atoms with E-state index in [0.717, 1.165) is 16.2 Å². The highest BCUT2D eigenvalue weighted by Crippen LogP contribution is 2.35. The Morgan fingerprint density at radius 3 is 2.67 bits per heavy atom. The van der Waals surface area contributed by atoms with Gasteiger partial charge in [-0.2, -0.15) is 5.48 Å². The van der Waals surface area contributed by atoms with Gasteiger partial charge in [-0.05, 0) is 24.0 Å². The standard InChI is InChI=1S/C10H14ClNO2S/c1-13-10-8(11)4-7(6-12-14-2)5-9(10)15-3/h4-5,12H,6H2,1-3H3. The summed E-state index contributed by atoms with van der Waals surface area (Å²) in [7, 11) is 3.20. The lowest BCUT2D eigenvalue weighted by atomic mass is 10.2. The summed E-state index contributed by atoms with van der Waals surface area (Å²) in [6.07, 6.45) is 1.99. The van der Waals surface area contributed by atoms with Gasteiger partial charge in [-0.25, -0.2) is 0 Å². The number of hydrogen-bond acceptors (Lipinski definition) is 4. The highest BCUT2D eigenvalue weighted by atomic mass is 35.5. The fourth-order valence-corrected chi connectivity index (χ4v) is 2.25. The van der Waals surface area contributed by atoms with Gasteiger partial charge in [-0.15, -0.1) is 11.8 Å². The number of thioether (sulfide) groups is 1. The van der Waals surface area contributed by atoms with Crippen LogP contribution in [0.15, 0.2) is 17.0 Å². The van der Waals surface area contributed by atoms with Crippen molar-refractivity contribution in [2.75, 3.05) is 20.5 Å². The molecule has 0 aliphatic rings. The van der Waals surface area contributed by atoms with Crippen molar-refractivity contribution in [3.8, 4) is 5.75 Å². The van der Waals surface area contributed by atoms with Gasteiger partial charge in [-0.1, -0.05) is 11.6 Å². The average molecular weight is 248 g/mol. The van der Waals surface area contributed by atoms with Crippen LogP contribution >= 0.6 is 23.4 Å². The molecule has 0 aliphatic carbocycles. The lowest BCUT2D eigenvalue weighted by molar-refractivity contribution is 0.0866. The molecule has 0 spiro atoms. The Kier molecular flexibility index (Phi) is 5.25. The number of rotatable bonds is 5. The molecule has 0 aliphatic heterocycles. The summed E-state index contributed by atoms with van der Waals surface area (Å²) in [6, 6.07) is 3.90. The minimum absolute atomic E-state index is 0.619. The highest BCUT2D eigenvalue weighted by molar-refractivity contribution is 7.98. The maximum absolute atomic E-state index is 6.09. The molecular formula is C10H14ClNO2S. The second-order valence-corrected chi connectivity index (χ2v) is 4.09. The number of hydrogen-bond donors (Lipinski definition) is 1. The predicted octanol–water partition coefficient (Wildman–Crippen LogP) is 2.72. The molecule has 0 saturated carbocycles. The van der Waals surface area contributed by atoms with Crippen LogP contribution in [-0.2, 0) is 11.4 Å². The summed E-state index contributed by atoms with van der Waals surface area (Å²) >= 11 is 7.69. The Morgan fingerprint density at radius 1 is 1.40 bits per heavy atom. The van der Waals surface area contributed by atoms with Gasteiger partial charge >= 0.3 is 0 Å². The Hall–Kier alpha value is -0.420. The maximum atomic E-state index is 6.09. The first-order chi connectivity index (χ1) is 7.22. The molecule has 0 fully saturated rings. The number of hydroxylamine groups is 1. The quantitative estimate of drug-likeness (QED) is 0.640. The summed E-state index contributed by atoms with van der Waals surface area (Å²) in [5.41, 5.74) is 3.83. The SMILES string of the molecule is CONCc1cc(Cl)c(OC)c(SC)c1. The van der Waals surface area contributed by atoms with Crippen LogP contribution in [0.3, 0.4) is 0 Å². The predicted molar refractivity (Wildman–Crippen MR) is 63.6 cm³/mol. The van der Waals surface area contributed by atoms with Crippen LogP contribution in [0.2, 0.25) is 5.02 Å². The summed E-state index contributed by atoms with van der Waals surface area (Å²) in [6.45, 7) is 0.619. The number of ether oxygens (including phenoxy) is 1. The van der Waals surface area contributed by atoms with E-state index in [4.69, 9.17) is 21.2 Å². The van der Waals surface area contributed by atoms with Gasteiger partial charge < -0.3 is 9.57 Å². The van der Waals surface area contributed by atoms with Crippen molar-refractivity contribution in [1.82, 2.24) is 5.48 Å². The maximum Gasteiger partial charge on any atom is 0.150 e. The van der Waals surface area contributed by atoms with E-state index in [1.54, 1.807) is 26.0 Å². The number of halogens is 1. The molecule has 0 atom stereocenters. The van der Waals surface area contributed by atoms with Crippen molar-refractivity contribution >= 4 is 23.4 Å². The van der Waals surface area contributed by atoms with Crippen LogP contribution in [-0.4, -0.2) is 20.5 Å². The van der Waals surface area contributed by atoms with E-state index in [0.29, 0.717) is 11.6 Å². The fraction of sp³-hybridized carbons (Fsp3) is 0.400. The van der Waals surface area contributed by atoms with Crippen molar-refractivity contribution in [2.24, 2.45) is 0 Å². The first-order valence-electron chi connectivity index (χ1n) is 4.39. The third-order valence-corrected chi connectivity index (χ3v) is 2.94. The summed E-state index contributed by atoms with van der Waals surface area (Å²) < 4.78 is 5.22. The fourth-order valence-electron chi connectivity index (χ4n) is 1.23. The van der Waals surface area contributed by atoms with Crippen molar-refractivity contribution in [3.63, 3.8) is 0 Å². The van der Waals surface area contributed by atoms with E-state index in [1.807, 2.05) is 18.4 Å². The molecular weight excluding hydrogens is 234 g/mol. The van der Waals surface area contributed by atoms with Crippen molar-refractivity contribution in [3.05, 3.63) is 22.7 Å². The molecule has 1 aromatic carbocycles. The van der Waals surface area contributed by atoms with Crippen LogP contribution in [0.1, 0.15) is 5.56 Å². The van der Waals surface area contributed by atoms with E-state index in [1.165, 1.54) is 0 Å². The van der Waals surface area contributed by atoms with Crippen LogP contribution in [0, 0.1) is 0 Å². The molecule has 0 radical (unpaired) electrons. The van der Waals surface area contributed by atoms with Crippen LogP contribution < -0.4 is 10.2 Å². The molecule has 3 nitrogen and oxygen atoms in total. The van der Waals surface area contributed by atoms with E-state index >= 15 is 0 Å². The van der Waals surface area contributed by atoms with Gasteiger partial charge in [0.15, 0.2) is 5.75 Å². The third kappa shape index (κ3) is 3.28. The molecule has 0 aromatic heterocycles. The molecule has 0 amide bonds. The third-order valence-electron chi connectivity index (χ3n) is 1.91. The number of nitrogens with one attached hydrogen (secondary N) is 1. The Balaban J connectivity index is 2.97. The molecule has 1 aromatic rings. The minimum atomic E-state index is 0.619. The van der Waals surface area contributed by atoms with Gasteiger partial charge in [0.2, 0.25) is 0 Å². The van der Waals surface area contributed by atoms with E-state index in [2.05, 4.69) is 5.48 Å². The molecule has 5 heteroatoms. The second kappa shape index (κ2) is 6.23. The summed E-state index contributed by atoms with van der Waals surface area (Å²) in [5.74, 6) is 0.727. The molecule has 0 unspecified atom stereocenters. The van der Waals surface area contributed by atoms with Gasteiger partial charge in [-0.3, -0.25) is 0 Å². The monoisotopic (exact) mass is 247 g/mol. The van der Waals surface area contributed by atoms with Crippen molar-refractivity contribution in [2.45, 2.75) is 11.4 Å². The van der Waals surface area contributed by atoms with Gasteiger partial charge in [0.25, 0.3) is 0 Å². The Morgan fingerprint density at radius 2 is 2.13 bits per heavy atom. The highest BCUT2D eigenvalue weighted by Gasteiger charge is 2.09. The lowest BCUT2D eigenvalue weighted by Gasteiger charge is -2.11. The van der Waals surface area contributed by atoms with E-state index in [-0.39, 0.29) is 0 Å². The number of benzene rings is 1. The normalized spacial score (nSPS) is 10.4. The summed E-state index contributed by atoms with van der Waals surface area (Å²) in [5, 5.41) is 0.622. The lowest BCUT2D eigenvalue weighted by Crippen LogP contribution is -2.10. The van der Waals surface area contributed by atoms with Crippen molar-refractivity contribution < 1.29 is 9.57 Å². The molecule has 84 valence electrons. The summed E-state index contributed by atoms with van der Waals surface area (Å²) in [4.78, 5) is 5.81. The smallest absolute Gasteiger partial charge is 0.150 e. The van der Waals surface area contributed by atoms with Crippen LogP contribution in [0.25, 0.3) is 0 Å². The first-order valence-corrected chi connectivity index (χ1v) is 5.99. The largest absolute Gasteiger partial charge is 0.494 e. The van der Waals surface area contributed by atoms with Crippen LogP contribution in [0.5, 0.6) is 5.75 Å². The molecule has 0 heterocycles. The number of methoxy groups -OCH3 is 1. The van der Waals surface area contributed by atoms with E-state index in [9.17, 15) is 0 Å². The molecule has 15 heavy (non-hydrogen) atoms. The molecule has 0 saturated heterocycles. The van der Waals surface area contributed by atoms with E-state index < -0.39 is 0 Å². The Labute approximate surface area is 99.0 Å².